The predicted octanol–water partition coefficient (Wildman–Crippen LogP) is 1.18. The molecule has 1 heterocycles. The van der Waals surface area contributed by atoms with Gasteiger partial charge in [0.05, 0.1) is 5.75 Å². The van der Waals surface area contributed by atoms with Gasteiger partial charge in [-0.15, -0.1) is 0 Å². The van der Waals surface area contributed by atoms with Gasteiger partial charge in [-0.2, -0.15) is 4.31 Å². The van der Waals surface area contributed by atoms with Crippen molar-refractivity contribution in [3.63, 3.8) is 0 Å². The van der Waals surface area contributed by atoms with Crippen LogP contribution < -0.4 is 5.73 Å². The van der Waals surface area contributed by atoms with Crippen LogP contribution >= 0.6 is 0 Å². The third kappa shape index (κ3) is 3.01. The molecule has 2 aliphatic rings. The topological polar surface area (TPSA) is 63.4 Å². The minimum atomic E-state index is -3.08. The average molecular weight is 260 g/mol. The van der Waals surface area contributed by atoms with Crippen molar-refractivity contribution in [3.05, 3.63) is 0 Å². The summed E-state index contributed by atoms with van der Waals surface area (Å²) in [7, 11) is -3.08. The van der Waals surface area contributed by atoms with Gasteiger partial charge in [0, 0.05) is 18.6 Å². The summed E-state index contributed by atoms with van der Waals surface area (Å²) in [5.74, 6) is 0.814. The van der Waals surface area contributed by atoms with E-state index in [-0.39, 0.29) is 16.7 Å². The molecule has 0 unspecified atom stereocenters. The van der Waals surface area contributed by atoms with Crippen molar-refractivity contribution in [3.8, 4) is 0 Å². The highest BCUT2D eigenvalue weighted by Crippen LogP contribution is 2.43. The van der Waals surface area contributed by atoms with Gasteiger partial charge in [0.15, 0.2) is 0 Å². The highest BCUT2D eigenvalue weighted by atomic mass is 32.2. The number of nitrogens with zero attached hydrogens (tertiary/aromatic N) is 1. The van der Waals surface area contributed by atoms with Crippen LogP contribution in [0.15, 0.2) is 0 Å². The average Bonchev–Trinajstić information content (AvgIpc) is 2.92. The fraction of sp³-hybridized carbons (Fsp3) is 1.00. The van der Waals surface area contributed by atoms with Gasteiger partial charge < -0.3 is 5.73 Å². The Morgan fingerprint density at radius 3 is 2.24 bits per heavy atom. The molecule has 1 saturated heterocycles. The lowest BCUT2D eigenvalue weighted by Crippen LogP contribution is -2.70. The van der Waals surface area contributed by atoms with Crippen LogP contribution in [0.3, 0.4) is 0 Å². The fourth-order valence-corrected chi connectivity index (χ4v) is 4.29. The van der Waals surface area contributed by atoms with Gasteiger partial charge >= 0.3 is 0 Å². The number of rotatable bonds is 4. The van der Waals surface area contributed by atoms with E-state index in [4.69, 9.17) is 5.73 Å². The summed E-state index contributed by atoms with van der Waals surface area (Å²) < 4.78 is 25.7. The van der Waals surface area contributed by atoms with Crippen LogP contribution in [0.25, 0.3) is 0 Å². The third-order valence-corrected chi connectivity index (χ3v) is 5.60. The van der Waals surface area contributed by atoms with E-state index in [1.54, 1.807) is 4.31 Å². The van der Waals surface area contributed by atoms with Gasteiger partial charge in [-0.1, -0.05) is 20.8 Å². The highest BCUT2D eigenvalue weighted by molar-refractivity contribution is 7.89. The molecule has 0 amide bonds. The van der Waals surface area contributed by atoms with E-state index in [9.17, 15) is 8.42 Å². The van der Waals surface area contributed by atoms with Crippen molar-refractivity contribution in [2.45, 2.75) is 45.6 Å². The molecule has 0 aromatic heterocycles. The normalized spacial score (nSPS) is 25.6. The van der Waals surface area contributed by atoms with E-state index >= 15 is 0 Å². The molecule has 17 heavy (non-hydrogen) atoms. The lowest BCUT2D eigenvalue weighted by atomic mass is 9.88. The van der Waals surface area contributed by atoms with Crippen LogP contribution in [0, 0.1) is 11.3 Å². The summed E-state index contributed by atoms with van der Waals surface area (Å²) in [6.45, 7) is 7.26. The van der Waals surface area contributed by atoms with Crippen LogP contribution in [0.2, 0.25) is 0 Å². The van der Waals surface area contributed by atoms with Crippen molar-refractivity contribution < 1.29 is 8.42 Å². The predicted molar refractivity (Wildman–Crippen MR) is 69.1 cm³/mol. The Morgan fingerprint density at radius 2 is 1.82 bits per heavy atom. The summed E-state index contributed by atoms with van der Waals surface area (Å²) >= 11 is 0. The Labute approximate surface area is 105 Å². The van der Waals surface area contributed by atoms with Crippen LogP contribution in [-0.2, 0) is 10.0 Å². The molecular formula is C12H24N2O2S. The fourth-order valence-electron chi connectivity index (χ4n) is 2.29. The maximum Gasteiger partial charge on any atom is 0.214 e. The molecule has 1 saturated carbocycles. The van der Waals surface area contributed by atoms with Crippen molar-refractivity contribution in [1.82, 2.24) is 4.31 Å². The molecule has 0 bridgehead atoms. The van der Waals surface area contributed by atoms with E-state index in [1.807, 2.05) is 0 Å². The van der Waals surface area contributed by atoms with Crippen molar-refractivity contribution >= 4 is 10.0 Å². The maximum absolute atomic E-state index is 12.1. The molecule has 0 aromatic carbocycles. The second-order valence-corrected chi connectivity index (χ2v) is 8.99. The van der Waals surface area contributed by atoms with E-state index in [2.05, 4.69) is 20.8 Å². The number of sulfonamides is 1. The van der Waals surface area contributed by atoms with Crippen molar-refractivity contribution in [2.24, 2.45) is 17.1 Å². The van der Waals surface area contributed by atoms with E-state index < -0.39 is 10.0 Å². The molecule has 1 aliphatic carbocycles. The summed E-state index contributed by atoms with van der Waals surface area (Å²) in [5, 5.41) is 0. The summed E-state index contributed by atoms with van der Waals surface area (Å²) in [4.78, 5) is 0. The van der Waals surface area contributed by atoms with E-state index in [0.717, 1.165) is 0 Å². The summed E-state index contributed by atoms with van der Waals surface area (Å²) in [6.07, 6.45) is 3.05. The number of nitrogens with two attached hydrogens (primary N) is 1. The summed E-state index contributed by atoms with van der Waals surface area (Å²) in [5.41, 5.74) is 6.02. The quantitative estimate of drug-likeness (QED) is 0.825. The van der Waals surface area contributed by atoms with Crippen LogP contribution in [0.1, 0.15) is 40.0 Å². The first-order chi connectivity index (χ1) is 7.62. The molecule has 0 radical (unpaired) electrons. The van der Waals surface area contributed by atoms with Gasteiger partial charge in [-0.05, 0) is 30.6 Å². The number of hydrogen-bond acceptors (Lipinski definition) is 3. The molecule has 2 fully saturated rings. The second kappa shape index (κ2) is 3.93. The van der Waals surface area contributed by atoms with Gasteiger partial charge in [0.2, 0.25) is 10.0 Å². The van der Waals surface area contributed by atoms with Gasteiger partial charge in [-0.3, -0.25) is 0 Å². The largest absolute Gasteiger partial charge is 0.323 e. The SMILES string of the molecule is CC(C)(C)CCS(=O)(=O)N1CC(N)(C2CC2)C1. The lowest BCUT2D eigenvalue weighted by Gasteiger charge is -2.47. The smallest absolute Gasteiger partial charge is 0.214 e. The molecule has 1 aliphatic heterocycles. The molecular weight excluding hydrogens is 236 g/mol. The first-order valence-corrected chi connectivity index (χ1v) is 8.00. The van der Waals surface area contributed by atoms with Crippen molar-refractivity contribution in [1.29, 1.82) is 0 Å². The maximum atomic E-state index is 12.1. The van der Waals surface area contributed by atoms with Gasteiger partial charge in [-0.25, -0.2) is 8.42 Å². The lowest BCUT2D eigenvalue weighted by molar-refractivity contribution is 0.134. The standard InChI is InChI=1S/C12H24N2O2S/c1-11(2,3)6-7-17(15,16)14-8-12(13,9-14)10-4-5-10/h10H,4-9,13H2,1-3H3. The molecule has 0 aromatic rings. The Bertz CT molecular complexity index is 387. The first-order valence-electron chi connectivity index (χ1n) is 6.39. The first kappa shape index (κ1) is 13.3. The Kier molecular flexibility index (Phi) is 3.08. The zero-order valence-electron chi connectivity index (χ0n) is 11.1. The minimum absolute atomic E-state index is 0.0637. The van der Waals surface area contributed by atoms with Crippen LogP contribution in [-0.4, -0.2) is 37.1 Å². The summed E-state index contributed by atoms with van der Waals surface area (Å²) in [6, 6.07) is 0. The molecule has 0 atom stereocenters. The second-order valence-electron chi connectivity index (χ2n) is 6.90. The van der Waals surface area contributed by atoms with Crippen molar-refractivity contribution in [2.75, 3.05) is 18.8 Å². The molecule has 4 nitrogen and oxygen atoms in total. The molecule has 100 valence electrons. The molecule has 2 N–H and O–H groups in total. The molecule has 5 heteroatoms. The Hall–Kier alpha value is -0.130. The highest BCUT2D eigenvalue weighted by Gasteiger charge is 2.53. The van der Waals surface area contributed by atoms with Gasteiger partial charge in [0.1, 0.15) is 0 Å². The van der Waals surface area contributed by atoms with Crippen LogP contribution in [0.5, 0.6) is 0 Å². The van der Waals surface area contributed by atoms with Gasteiger partial charge in [0.25, 0.3) is 0 Å². The van der Waals surface area contributed by atoms with Crippen LogP contribution in [0.4, 0.5) is 0 Å². The Morgan fingerprint density at radius 1 is 1.29 bits per heavy atom. The third-order valence-electron chi connectivity index (χ3n) is 3.84. The monoisotopic (exact) mass is 260 g/mol. The molecule has 2 rings (SSSR count). The van der Waals surface area contributed by atoms with E-state index in [1.165, 1.54) is 12.8 Å². The van der Waals surface area contributed by atoms with E-state index in [0.29, 0.717) is 25.4 Å². The zero-order valence-corrected chi connectivity index (χ0v) is 11.9. The molecule has 0 spiro atoms. The number of hydrogen-bond donors (Lipinski definition) is 1. The zero-order chi connectivity index (χ0) is 12.9. The Balaban J connectivity index is 1.86. The minimum Gasteiger partial charge on any atom is -0.323 e.